The molecule has 0 saturated carbocycles. The van der Waals surface area contributed by atoms with Gasteiger partial charge in [-0.05, 0) is 12.1 Å². The van der Waals surface area contributed by atoms with Crippen molar-refractivity contribution in [2.24, 2.45) is 0 Å². The van der Waals surface area contributed by atoms with Crippen LogP contribution in [-0.4, -0.2) is 10.8 Å². The molecule has 0 aliphatic heterocycles. The number of carbonyl (C=O) groups excluding carboxylic acids is 1. The van der Waals surface area contributed by atoms with E-state index in [9.17, 15) is 9.18 Å². The summed E-state index contributed by atoms with van der Waals surface area (Å²) in [6, 6.07) is 13.6. The number of benzene rings is 2. The second-order valence-corrected chi connectivity index (χ2v) is 4.96. The Morgan fingerprint density at radius 1 is 1.17 bits per heavy atom. The van der Waals surface area contributed by atoms with Crippen molar-refractivity contribution in [3.8, 4) is 11.3 Å². The quantitative estimate of drug-likeness (QED) is 0.687. The standard InChI is InChI=1S/C18H15FN2O2/c1-2-16(22)12-7-3-4-8-13(12)17-11-20-18(23-17)21-15-10-6-5-9-14(15)19/h3-11H,2H2,1H3,(H,20,21). The second kappa shape index (κ2) is 6.44. The van der Waals surface area contributed by atoms with Gasteiger partial charge in [-0.3, -0.25) is 4.79 Å². The highest BCUT2D eigenvalue weighted by Gasteiger charge is 2.15. The van der Waals surface area contributed by atoms with Crippen LogP contribution in [0.15, 0.2) is 59.1 Å². The lowest BCUT2D eigenvalue weighted by Gasteiger charge is -2.05. The molecule has 0 radical (unpaired) electrons. The summed E-state index contributed by atoms with van der Waals surface area (Å²) < 4.78 is 19.3. The van der Waals surface area contributed by atoms with Crippen molar-refractivity contribution in [2.45, 2.75) is 13.3 Å². The maximum absolute atomic E-state index is 13.6. The van der Waals surface area contributed by atoms with Crippen LogP contribution in [0.2, 0.25) is 0 Å². The van der Waals surface area contributed by atoms with Crippen LogP contribution in [0.3, 0.4) is 0 Å². The summed E-state index contributed by atoms with van der Waals surface area (Å²) in [5.74, 6) is 0.0932. The van der Waals surface area contributed by atoms with Gasteiger partial charge in [-0.1, -0.05) is 43.3 Å². The predicted octanol–water partition coefficient (Wildman–Crippen LogP) is 4.82. The average molecular weight is 310 g/mol. The summed E-state index contributed by atoms with van der Waals surface area (Å²) in [7, 11) is 0. The van der Waals surface area contributed by atoms with Gasteiger partial charge in [-0.15, -0.1) is 0 Å². The molecular weight excluding hydrogens is 295 g/mol. The van der Waals surface area contributed by atoms with Crippen LogP contribution in [0.5, 0.6) is 0 Å². The van der Waals surface area contributed by atoms with Crippen molar-refractivity contribution in [1.82, 2.24) is 4.98 Å². The molecule has 3 rings (SSSR count). The fourth-order valence-electron chi connectivity index (χ4n) is 2.27. The van der Waals surface area contributed by atoms with Crippen LogP contribution in [-0.2, 0) is 0 Å². The molecule has 2 aromatic carbocycles. The number of carbonyl (C=O) groups is 1. The maximum Gasteiger partial charge on any atom is 0.299 e. The predicted molar refractivity (Wildman–Crippen MR) is 86.2 cm³/mol. The van der Waals surface area contributed by atoms with Gasteiger partial charge in [0.25, 0.3) is 6.01 Å². The van der Waals surface area contributed by atoms with Crippen molar-refractivity contribution in [1.29, 1.82) is 0 Å². The van der Waals surface area contributed by atoms with E-state index in [0.29, 0.717) is 23.3 Å². The lowest BCUT2D eigenvalue weighted by Crippen LogP contribution is -1.98. The molecule has 1 aromatic heterocycles. The van der Waals surface area contributed by atoms with Crippen molar-refractivity contribution >= 4 is 17.5 Å². The van der Waals surface area contributed by atoms with Gasteiger partial charge < -0.3 is 9.73 Å². The highest BCUT2D eigenvalue weighted by atomic mass is 19.1. The Balaban J connectivity index is 1.91. The third-order valence-electron chi connectivity index (χ3n) is 3.44. The molecule has 0 spiro atoms. The maximum atomic E-state index is 13.6. The lowest BCUT2D eigenvalue weighted by molar-refractivity contribution is 0.0988. The highest BCUT2D eigenvalue weighted by molar-refractivity contribution is 6.01. The number of nitrogens with zero attached hydrogens (tertiary/aromatic N) is 1. The number of aromatic nitrogens is 1. The Morgan fingerprint density at radius 2 is 1.91 bits per heavy atom. The van der Waals surface area contributed by atoms with E-state index in [2.05, 4.69) is 10.3 Å². The number of halogens is 1. The molecule has 1 heterocycles. The molecule has 1 N–H and O–H groups in total. The molecule has 23 heavy (non-hydrogen) atoms. The minimum atomic E-state index is -0.395. The molecular formula is C18H15FN2O2. The van der Waals surface area contributed by atoms with Crippen LogP contribution >= 0.6 is 0 Å². The largest absolute Gasteiger partial charge is 0.423 e. The molecule has 0 saturated heterocycles. The van der Waals surface area contributed by atoms with Crippen molar-refractivity contribution in [2.75, 3.05) is 5.32 Å². The number of Topliss-reactive ketones (excluding diaryl/α,β-unsaturated/α-hetero) is 1. The number of nitrogens with one attached hydrogen (secondary N) is 1. The van der Waals surface area contributed by atoms with Crippen LogP contribution < -0.4 is 5.32 Å². The van der Waals surface area contributed by atoms with Gasteiger partial charge in [0.2, 0.25) is 0 Å². The van der Waals surface area contributed by atoms with Crippen LogP contribution in [0.1, 0.15) is 23.7 Å². The normalized spacial score (nSPS) is 10.5. The fourth-order valence-corrected chi connectivity index (χ4v) is 2.27. The molecule has 0 aliphatic rings. The van der Waals surface area contributed by atoms with Crippen molar-refractivity contribution < 1.29 is 13.6 Å². The van der Waals surface area contributed by atoms with Gasteiger partial charge in [0.15, 0.2) is 11.5 Å². The average Bonchev–Trinajstić information content (AvgIpc) is 3.05. The topological polar surface area (TPSA) is 55.1 Å². The van der Waals surface area contributed by atoms with Crippen LogP contribution in [0, 0.1) is 5.82 Å². The molecule has 5 heteroatoms. The molecule has 0 atom stereocenters. The fraction of sp³-hybridized carbons (Fsp3) is 0.111. The monoisotopic (exact) mass is 310 g/mol. The molecule has 0 aliphatic carbocycles. The smallest absolute Gasteiger partial charge is 0.299 e. The number of para-hydroxylation sites is 1. The number of hydrogen-bond donors (Lipinski definition) is 1. The summed E-state index contributed by atoms with van der Waals surface area (Å²) in [6.45, 7) is 1.81. The Morgan fingerprint density at radius 3 is 2.70 bits per heavy atom. The van der Waals surface area contributed by atoms with E-state index >= 15 is 0 Å². The molecule has 0 fully saturated rings. The van der Waals surface area contributed by atoms with Crippen LogP contribution in [0.4, 0.5) is 16.1 Å². The lowest BCUT2D eigenvalue weighted by atomic mass is 10.0. The first kappa shape index (κ1) is 15.0. The van der Waals surface area contributed by atoms with Crippen LogP contribution in [0.25, 0.3) is 11.3 Å². The second-order valence-electron chi connectivity index (χ2n) is 4.96. The zero-order valence-corrected chi connectivity index (χ0v) is 12.5. The molecule has 0 amide bonds. The third kappa shape index (κ3) is 3.13. The number of oxazole rings is 1. The SMILES string of the molecule is CCC(=O)c1ccccc1-c1cnc(Nc2ccccc2F)o1. The summed E-state index contributed by atoms with van der Waals surface area (Å²) >= 11 is 0. The van der Waals surface area contributed by atoms with Gasteiger partial charge in [0.05, 0.1) is 11.9 Å². The zero-order chi connectivity index (χ0) is 16.2. The van der Waals surface area contributed by atoms with E-state index in [1.807, 2.05) is 13.0 Å². The van der Waals surface area contributed by atoms with Gasteiger partial charge in [-0.2, -0.15) is 0 Å². The third-order valence-corrected chi connectivity index (χ3v) is 3.44. The molecule has 3 aromatic rings. The number of anilines is 2. The van der Waals surface area contributed by atoms with Gasteiger partial charge in [0.1, 0.15) is 5.82 Å². The van der Waals surface area contributed by atoms with E-state index in [1.165, 1.54) is 12.3 Å². The summed E-state index contributed by atoms with van der Waals surface area (Å²) in [5, 5.41) is 2.79. The summed E-state index contributed by atoms with van der Waals surface area (Å²) in [6.07, 6.45) is 1.93. The molecule has 0 unspecified atom stereocenters. The Bertz CT molecular complexity index is 842. The Hall–Kier alpha value is -2.95. The highest BCUT2D eigenvalue weighted by Crippen LogP contribution is 2.28. The zero-order valence-electron chi connectivity index (χ0n) is 12.5. The summed E-state index contributed by atoms with van der Waals surface area (Å²) in [5.41, 5.74) is 1.54. The van der Waals surface area contributed by atoms with Crippen molar-refractivity contribution in [3.63, 3.8) is 0 Å². The number of ketones is 1. The van der Waals surface area contributed by atoms with E-state index in [-0.39, 0.29) is 17.5 Å². The minimum absolute atomic E-state index is 0.0283. The first-order valence-corrected chi connectivity index (χ1v) is 7.29. The summed E-state index contributed by atoms with van der Waals surface area (Å²) in [4.78, 5) is 16.1. The van der Waals surface area contributed by atoms with E-state index in [1.54, 1.807) is 36.4 Å². The van der Waals surface area contributed by atoms with Gasteiger partial charge in [0, 0.05) is 17.5 Å². The molecule has 4 nitrogen and oxygen atoms in total. The molecule has 116 valence electrons. The van der Waals surface area contributed by atoms with E-state index in [0.717, 1.165) is 0 Å². The number of hydrogen-bond acceptors (Lipinski definition) is 4. The Labute approximate surface area is 133 Å². The number of rotatable bonds is 5. The molecule has 0 bridgehead atoms. The van der Waals surface area contributed by atoms with Gasteiger partial charge in [-0.25, -0.2) is 9.37 Å². The van der Waals surface area contributed by atoms with E-state index < -0.39 is 5.82 Å². The van der Waals surface area contributed by atoms with Gasteiger partial charge >= 0.3 is 0 Å². The Kier molecular flexibility index (Phi) is 4.19. The minimum Gasteiger partial charge on any atom is -0.423 e. The van der Waals surface area contributed by atoms with Crippen molar-refractivity contribution in [3.05, 3.63) is 66.1 Å². The first-order valence-electron chi connectivity index (χ1n) is 7.29. The van der Waals surface area contributed by atoms with E-state index in [4.69, 9.17) is 4.42 Å². The first-order chi connectivity index (χ1) is 11.2.